The number of non-ortho nitro benzene ring substituents is 1. The Morgan fingerprint density at radius 2 is 1.97 bits per heavy atom. The Morgan fingerprint density at radius 3 is 2.67 bits per heavy atom. The molecule has 0 aliphatic heterocycles. The SMILES string of the molecule is COc1cc([N+](=O)[O-])ccc1NC(=O)c1cc(-c2ccc(Cl)s2)nc2ccccc12. The molecule has 0 spiro atoms. The molecule has 0 bridgehead atoms. The van der Waals surface area contributed by atoms with Crippen LogP contribution in [0.5, 0.6) is 5.75 Å². The van der Waals surface area contributed by atoms with Crippen LogP contribution in [-0.2, 0) is 0 Å². The van der Waals surface area contributed by atoms with Crippen molar-refractivity contribution in [2.24, 2.45) is 0 Å². The summed E-state index contributed by atoms with van der Waals surface area (Å²) < 4.78 is 5.84. The van der Waals surface area contributed by atoms with Crippen LogP contribution in [0.4, 0.5) is 11.4 Å². The van der Waals surface area contributed by atoms with Gasteiger partial charge in [0.25, 0.3) is 11.6 Å². The minimum atomic E-state index is -0.525. The van der Waals surface area contributed by atoms with Crippen molar-refractivity contribution in [3.63, 3.8) is 0 Å². The highest BCUT2D eigenvalue weighted by Gasteiger charge is 2.18. The van der Waals surface area contributed by atoms with E-state index in [4.69, 9.17) is 16.3 Å². The minimum absolute atomic E-state index is 0.129. The summed E-state index contributed by atoms with van der Waals surface area (Å²) in [5.41, 5.74) is 1.91. The molecular weight excluding hydrogens is 426 g/mol. The van der Waals surface area contributed by atoms with E-state index in [0.29, 0.717) is 32.2 Å². The Bertz CT molecular complexity index is 1290. The summed E-state index contributed by atoms with van der Waals surface area (Å²) >= 11 is 7.43. The van der Waals surface area contributed by atoms with E-state index in [1.165, 1.54) is 36.6 Å². The molecule has 0 fully saturated rings. The van der Waals surface area contributed by atoms with Crippen LogP contribution in [0.25, 0.3) is 21.5 Å². The zero-order chi connectivity index (χ0) is 21.3. The van der Waals surface area contributed by atoms with Crippen LogP contribution >= 0.6 is 22.9 Å². The normalized spacial score (nSPS) is 10.7. The summed E-state index contributed by atoms with van der Waals surface area (Å²) in [4.78, 5) is 29.1. The van der Waals surface area contributed by atoms with Crippen molar-refractivity contribution in [3.05, 3.63) is 80.7 Å². The number of nitro groups is 1. The molecule has 0 saturated carbocycles. The monoisotopic (exact) mass is 439 g/mol. The lowest BCUT2D eigenvalue weighted by molar-refractivity contribution is -0.384. The van der Waals surface area contributed by atoms with Gasteiger partial charge in [0.2, 0.25) is 0 Å². The van der Waals surface area contributed by atoms with Gasteiger partial charge in [-0.25, -0.2) is 4.98 Å². The maximum Gasteiger partial charge on any atom is 0.273 e. The van der Waals surface area contributed by atoms with Gasteiger partial charge in [0.05, 0.1) is 49.8 Å². The van der Waals surface area contributed by atoms with E-state index in [-0.39, 0.29) is 17.3 Å². The number of ether oxygens (including phenoxy) is 1. The zero-order valence-electron chi connectivity index (χ0n) is 15.6. The van der Waals surface area contributed by atoms with Crippen molar-refractivity contribution in [2.45, 2.75) is 0 Å². The molecule has 0 radical (unpaired) electrons. The molecule has 4 rings (SSSR count). The maximum absolute atomic E-state index is 13.2. The summed E-state index contributed by atoms with van der Waals surface area (Å²) in [6, 6.07) is 16.7. The van der Waals surface area contributed by atoms with Gasteiger partial charge >= 0.3 is 0 Å². The average molecular weight is 440 g/mol. The molecule has 30 heavy (non-hydrogen) atoms. The van der Waals surface area contributed by atoms with Gasteiger partial charge < -0.3 is 10.1 Å². The summed E-state index contributed by atoms with van der Waals surface area (Å²) in [6.07, 6.45) is 0. The van der Waals surface area contributed by atoms with Gasteiger partial charge in [-0.05, 0) is 30.3 Å². The Hall–Kier alpha value is -3.49. The summed E-state index contributed by atoms with van der Waals surface area (Å²) in [5, 5.41) is 14.5. The van der Waals surface area contributed by atoms with Crippen LogP contribution in [-0.4, -0.2) is 22.9 Å². The quantitative estimate of drug-likeness (QED) is 0.314. The predicted octanol–water partition coefficient (Wildman–Crippen LogP) is 5.79. The number of thiophene rings is 1. The third-order valence-corrected chi connectivity index (χ3v) is 5.68. The molecule has 2 aromatic heterocycles. The third kappa shape index (κ3) is 3.83. The number of benzene rings is 2. The predicted molar refractivity (Wildman–Crippen MR) is 118 cm³/mol. The minimum Gasteiger partial charge on any atom is -0.494 e. The average Bonchev–Trinajstić information content (AvgIpc) is 3.19. The molecule has 0 aliphatic carbocycles. The van der Waals surface area contributed by atoms with Crippen LogP contribution in [0.2, 0.25) is 4.34 Å². The van der Waals surface area contributed by atoms with Crippen LogP contribution in [0, 0.1) is 10.1 Å². The van der Waals surface area contributed by atoms with Crippen molar-refractivity contribution in [2.75, 3.05) is 12.4 Å². The number of nitrogens with zero attached hydrogens (tertiary/aromatic N) is 2. The van der Waals surface area contributed by atoms with E-state index in [1.807, 2.05) is 30.3 Å². The molecule has 0 saturated heterocycles. The van der Waals surface area contributed by atoms with Gasteiger partial charge in [0.15, 0.2) is 0 Å². The van der Waals surface area contributed by atoms with Crippen molar-refractivity contribution >= 4 is 51.1 Å². The number of carbonyl (C=O) groups excluding carboxylic acids is 1. The fourth-order valence-electron chi connectivity index (χ4n) is 3.03. The fraction of sp³-hybridized carbons (Fsp3) is 0.0476. The standard InChI is InChI=1S/C21H14ClN3O4S/c1-29-18-10-12(25(27)28)6-7-16(18)24-21(26)14-11-17(19-8-9-20(22)30-19)23-15-5-3-2-4-13(14)15/h2-11H,1H3,(H,24,26). The molecule has 9 heteroatoms. The first-order valence-electron chi connectivity index (χ1n) is 8.75. The van der Waals surface area contributed by atoms with E-state index >= 15 is 0 Å². The van der Waals surface area contributed by atoms with Gasteiger partial charge in [0, 0.05) is 11.5 Å². The molecule has 0 atom stereocenters. The van der Waals surface area contributed by atoms with Crippen molar-refractivity contribution in [3.8, 4) is 16.3 Å². The number of carbonyl (C=O) groups is 1. The lowest BCUT2D eigenvalue weighted by Gasteiger charge is -2.12. The van der Waals surface area contributed by atoms with E-state index in [0.717, 1.165) is 4.88 Å². The van der Waals surface area contributed by atoms with Gasteiger partial charge in [-0.15, -0.1) is 11.3 Å². The maximum atomic E-state index is 13.2. The largest absolute Gasteiger partial charge is 0.494 e. The molecule has 7 nitrogen and oxygen atoms in total. The second-order valence-corrected chi connectivity index (χ2v) is 7.99. The Kier molecular flexibility index (Phi) is 5.35. The summed E-state index contributed by atoms with van der Waals surface area (Å²) in [5.74, 6) is -0.189. The molecule has 4 aromatic rings. The van der Waals surface area contributed by atoms with Crippen molar-refractivity contribution < 1.29 is 14.5 Å². The number of fused-ring (bicyclic) bond motifs is 1. The van der Waals surface area contributed by atoms with Crippen LogP contribution in [0.3, 0.4) is 0 Å². The number of nitrogens with one attached hydrogen (secondary N) is 1. The highest BCUT2D eigenvalue weighted by molar-refractivity contribution is 7.19. The van der Waals surface area contributed by atoms with Gasteiger partial charge in [0.1, 0.15) is 5.75 Å². The zero-order valence-corrected chi connectivity index (χ0v) is 17.2. The first-order valence-corrected chi connectivity index (χ1v) is 9.95. The van der Waals surface area contributed by atoms with Crippen molar-refractivity contribution in [1.29, 1.82) is 0 Å². The summed E-state index contributed by atoms with van der Waals surface area (Å²) in [7, 11) is 1.38. The third-order valence-electron chi connectivity index (χ3n) is 4.43. The number of aromatic nitrogens is 1. The number of hydrogen-bond donors (Lipinski definition) is 1. The number of para-hydroxylation sites is 1. The van der Waals surface area contributed by atoms with E-state index in [9.17, 15) is 14.9 Å². The lowest BCUT2D eigenvalue weighted by Crippen LogP contribution is -2.14. The van der Waals surface area contributed by atoms with E-state index in [2.05, 4.69) is 10.3 Å². The van der Waals surface area contributed by atoms with E-state index < -0.39 is 4.92 Å². The number of methoxy groups -OCH3 is 1. The Morgan fingerprint density at radius 1 is 1.17 bits per heavy atom. The molecule has 2 heterocycles. The lowest BCUT2D eigenvalue weighted by atomic mass is 10.1. The van der Waals surface area contributed by atoms with Crippen LogP contribution < -0.4 is 10.1 Å². The molecule has 1 amide bonds. The molecule has 1 N–H and O–H groups in total. The highest BCUT2D eigenvalue weighted by atomic mass is 35.5. The number of halogens is 1. The number of nitro benzene ring substituents is 1. The second-order valence-electron chi connectivity index (χ2n) is 6.27. The molecule has 0 aliphatic rings. The molecule has 0 unspecified atom stereocenters. The summed E-state index contributed by atoms with van der Waals surface area (Å²) in [6.45, 7) is 0. The second kappa shape index (κ2) is 8.10. The Labute approximate surface area is 180 Å². The topological polar surface area (TPSA) is 94.4 Å². The number of rotatable bonds is 5. The molecular formula is C21H14ClN3O4S. The molecule has 2 aromatic carbocycles. The first-order chi connectivity index (χ1) is 14.5. The Balaban J connectivity index is 1.77. The van der Waals surface area contributed by atoms with Crippen molar-refractivity contribution in [1.82, 2.24) is 4.98 Å². The van der Waals surface area contributed by atoms with E-state index in [1.54, 1.807) is 12.1 Å². The number of anilines is 1. The smallest absolute Gasteiger partial charge is 0.273 e. The number of amides is 1. The van der Waals surface area contributed by atoms with Gasteiger partial charge in [-0.2, -0.15) is 0 Å². The van der Waals surface area contributed by atoms with Crippen LogP contribution in [0.15, 0.2) is 60.7 Å². The number of hydrogen-bond acceptors (Lipinski definition) is 6. The molecule has 150 valence electrons. The van der Waals surface area contributed by atoms with Gasteiger partial charge in [-0.3, -0.25) is 14.9 Å². The van der Waals surface area contributed by atoms with Crippen LogP contribution in [0.1, 0.15) is 10.4 Å². The number of pyridine rings is 1. The fourth-order valence-corrected chi connectivity index (χ4v) is 4.03. The van der Waals surface area contributed by atoms with Gasteiger partial charge in [-0.1, -0.05) is 29.8 Å². The highest BCUT2D eigenvalue weighted by Crippen LogP contribution is 2.33. The first kappa shape index (κ1) is 19.8.